The second-order valence-electron chi connectivity index (χ2n) is 3.29. The van der Waals surface area contributed by atoms with Crippen LogP contribution in [0.2, 0.25) is 5.02 Å². The summed E-state index contributed by atoms with van der Waals surface area (Å²) in [6.07, 6.45) is 0. The minimum absolute atomic E-state index is 0.0705. The zero-order chi connectivity index (χ0) is 13.1. The molecule has 94 valence electrons. The van der Waals surface area contributed by atoms with E-state index >= 15 is 0 Å². The summed E-state index contributed by atoms with van der Waals surface area (Å²) >= 11 is 5.75. The summed E-state index contributed by atoms with van der Waals surface area (Å²) in [4.78, 5) is 11.6. The molecular formula is C9H11ClN2O4S. The number of benzene rings is 1. The van der Waals surface area contributed by atoms with E-state index in [2.05, 4.69) is 5.32 Å². The van der Waals surface area contributed by atoms with Crippen LogP contribution in [0.1, 0.15) is 10.4 Å². The first-order valence-corrected chi connectivity index (χ1v) is 6.66. The molecule has 8 heteroatoms. The molecule has 1 aromatic rings. The lowest BCUT2D eigenvalue weighted by atomic mass is 10.2. The molecule has 1 rings (SSSR count). The van der Waals surface area contributed by atoms with Crippen LogP contribution in [0.3, 0.4) is 0 Å². The fourth-order valence-electron chi connectivity index (χ4n) is 1.09. The van der Waals surface area contributed by atoms with Gasteiger partial charge in [0, 0.05) is 6.54 Å². The molecule has 0 spiro atoms. The van der Waals surface area contributed by atoms with Crippen molar-refractivity contribution in [1.82, 2.24) is 5.32 Å². The van der Waals surface area contributed by atoms with Crippen LogP contribution in [0.4, 0.5) is 0 Å². The van der Waals surface area contributed by atoms with E-state index in [-0.39, 0.29) is 28.6 Å². The van der Waals surface area contributed by atoms with E-state index in [1.807, 2.05) is 0 Å². The lowest BCUT2D eigenvalue weighted by Crippen LogP contribution is -2.31. The Morgan fingerprint density at radius 3 is 2.71 bits per heavy atom. The van der Waals surface area contributed by atoms with Gasteiger partial charge in [0.2, 0.25) is 10.0 Å². The summed E-state index contributed by atoms with van der Waals surface area (Å²) in [5, 5.41) is 16.4. The fraction of sp³-hybridized carbons (Fsp3) is 0.222. The molecule has 0 radical (unpaired) electrons. The molecule has 6 nitrogen and oxygen atoms in total. The van der Waals surface area contributed by atoms with Gasteiger partial charge in [0.15, 0.2) is 0 Å². The highest BCUT2D eigenvalue weighted by molar-refractivity contribution is 7.89. The molecule has 0 unspecified atom stereocenters. The van der Waals surface area contributed by atoms with E-state index in [1.165, 1.54) is 18.2 Å². The maximum absolute atomic E-state index is 11.6. The molecule has 0 aliphatic rings. The van der Waals surface area contributed by atoms with Gasteiger partial charge in [-0.15, -0.1) is 0 Å². The second-order valence-corrected chi connectivity index (χ2v) is 5.43. The van der Waals surface area contributed by atoms with Crippen LogP contribution in [0.5, 0.6) is 5.75 Å². The zero-order valence-corrected chi connectivity index (χ0v) is 10.3. The van der Waals surface area contributed by atoms with Crippen molar-refractivity contribution < 1.29 is 18.3 Å². The summed E-state index contributed by atoms with van der Waals surface area (Å²) in [5.41, 5.74) is 0.0705. The number of sulfonamides is 1. The van der Waals surface area contributed by atoms with E-state index in [9.17, 15) is 18.3 Å². The van der Waals surface area contributed by atoms with Crippen molar-refractivity contribution in [3.63, 3.8) is 0 Å². The quantitative estimate of drug-likeness (QED) is 0.723. The molecule has 1 amide bonds. The molecule has 0 fully saturated rings. The summed E-state index contributed by atoms with van der Waals surface area (Å²) < 4.78 is 21.3. The Hall–Kier alpha value is -1.31. The number of carbonyl (C=O) groups excluding carboxylic acids is 1. The van der Waals surface area contributed by atoms with Crippen molar-refractivity contribution >= 4 is 27.5 Å². The van der Waals surface area contributed by atoms with Crippen LogP contribution in [-0.4, -0.2) is 31.7 Å². The molecule has 4 N–H and O–H groups in total. The van der Waals surface area contributed by atoms with Crippen LogP contribution in [-0.2, 0) is 10.0 Å². The molecule has 17 heavy (non-hydrogen) atoms. The van der Waals surface area contributed by atoms with Crippen LogP contribution < -0.4 is 10.5 Å². The molecule has 0 aliphatic carbocycles. The molecule has 0 aromatic heterocycles. The van der Waals surface area contributed by atoms with Gasteiger partial charge in [-0.05, 0) is 18.2 Å². The number of phenolic OH excluding ortho intramolecular Hbond substituents is 1. The van der Waals surface area contributed by atoms with Gasteiger partial charge in [0.05, 0.1) is 16.3 Å². The van der Waals surface area contributed by atoms with E-state index in [0.717, 1.165) is 0 Å². The van der Waals surface area contributed by atoms with Gasteiger partial charge in [-0.2, -0.15) is 0 Å². The highest BCUT2D eigenvalue weighted by atomic mass is 35.5. The standard InChI is InChI=1S/C9H11ClN2O4S/c10-8-2-1-6(13)5-7(8)9(14)12-3-4-17(11,15)16/h1-2,5,13H,3-4H2,(H,12,14)(H2,11,15,16). The lowest BCUT2D eigenvalue weighted by Gasteiger charge is -2.06. The molecule has 1 aromatic carbocycles. The normalized spacial score (nSPS) is 11.2. The number of amides is 1. The Labute approximate surface area is 103 Å². The second kappa shape index (κ2) is 5.35. The maximum atomic E-state index is 11.6. The summed E-state index contributed by atoms with van der Waals surface area (Å²) in [5.74, 6) is -1.05. The van der Waals surface area contributed by atoms with Gasteiger partial charge in [0.25, 0.3) is 5.91 Å². The zero-order valence-electron chi connectivity index (χ0n) is 8.68. The van der Waals surface area contributed by atoms with Crippen molar-refractivity contribution in [2.45, 2.75) is 0 Å². The maximum Gasteiger partial charge on any atom is 0.252 e. The van der Waals surface area contributed by atoms with E-state index in [4.69, 9.17) is 16.7 Å². The van der Waals surface area contributed by atoms with Crippen molar-refractivity contribution in [1.29, 1.82) is 0 Å². The largest absolute Gasteiger partial charge is 0.508 e. The molecule has 0 saturated heterocycles. The van der Waals surface area contributed by atoms with Gasteiger partial charge in [-0.1, -0.05) is 11.6 Å². The van der Waals surface area contributed by atoms with Gasteiger partial charge >= 0.3 is 0 Å². The number of rotatable bonds is 4. The topological polar surface area (TPSA) is 109 Å². The highest BCUT2D eigenvalue weighted by Gasteiger charge is 2.11. The number of primary sulfonamides is 1. The number of carbonyl (C=O) groups is 1. The molecule has 0 heterocycles. The van der Waals surface area contributed by atoms with Crippen molar-refractivity contribution in [3.8, 4) is 5.75 Å². The minimum Gasteiger partial charge on any atom is -0.508 e. The number of nitrogens with two attached hydrogens (primary N) is 1. The number of phenols is 1. The third-order valence-corrected chi connectivity index (χ3v) is 2.97. The minimum atomic E-state index is -3.62. The van der Waals surface area contributed by atoms with Gasteiger partial charge < -0.3 is 10.4 Å². The first-order chi connectivity index (χ1) is 7.79. The van der Waals surface area contributed by atoms with Crippen molar-refractivity contribution in [2.24, 2.45) is 5.14 Å². The monoisotopic (exact) mass is 278 g/mol. The SMILES string of the molecule is NS(=O)(=O)CCNC(=O)c1cc(O)ccc1Cl. The lowest BCUT2D eigenvalue weighted by molar-refractivity contribution is 0.0956. The van der Waals surface area contributed by atoms with Gasteiger partial charge in [-0.3, -0.25) is 4.79 Å². The number of hydrogen-bond donors (Lipinski definition) is 3. The number of hydrogen-bond acceptors (Lipinski definition) is 4. The average molecular weight is 279 g/mol. The first-order valence-electron chi connectivity index (χ1n) is 4.57. The Bertz CT molecular complexity index is 530. The molecule has 0 bridgehead atoms. The number of halogens is 1. The summed E-state index contributed by atoms with van der Waals surface area (Å²) in [6, 6.07) is 3.89. The van der Waals surface area contributed by atoms with Crippen molar-refractivity contribution in [3.05, 3.63) is 28.8 Å². The summed E-state index contributed by atoms with van der Waals surface area (Å²) in [6.45, 7) is -0.121. The molecule has 0 saturated carbocycles. The molecule has 0 aliphatic heterocycles. The highest BCUT2D eigenvalue weighted by Crippen LogP contribution is 2.20. The Morgan fingerprint density at radius 1 is 1.47 bits per heavy atom. The Kier molecular flexibility index (Phi) is 4.33. The Balaban J connectivity index is 2.67. The molecular weight excluding hydrogens is 268 g/mol. The number of aromatic hydroxyl groups is 1. The van der Waals surface area contributed by atoms with Crippen LogP contribution >= 0.6 is 11.6 Å². The van der Waals surface area contributed by atoms with Crippen molar-refractivity contribution in [2.75, 3.05) is 12.3 Å². The number of nitrogens with one attached hydrogen (secondary N) is 1. The summed E-state index contributed by atoms with van der Waals surface area (Å²) in [7, 11) is -3.62. The fourth-order valence-corrected chi connectivity index (χ4v) is 1.68. The van der Waals surface area contributed by atoms with Gasteiger partial charge in [-0.25, -0.2) is 13.6 Å². The van der Waals surface area contributed by atoms with Gasteiger partial charge in [0.1, 0.15) is 5.75 Å². The first kappa shape index (κ1) is 13.8. The van der Waals surface area contributed by atoms with E-state index in [1.54, 1.807) is 0 Å². The van der Waals surface area contributed by atoms with E-state index in [0.29, 0.717) is 0 Å². The third-order valence-electron chi connectivity index (χ3n) is 1.87. The van der Waals surface area contributed by atoms with Crippen LogP contribution in [0.25, 0.3) is 0 Å². The van der Waals surface area contributed by atoms with E-state index < -0.39 is 15.9 Å². The average Bonchev–Trinajstić information content (AvgIpc) is 2.19. The predicted octanol–water partition coefficient (Wildman–Crippen LogP) is 0.0639. The predicted molar refractivity (Wildman–Crippen MR) is 63.4 cm³/mol. The third kappa shape index (κ3) is 4.59. The Morgan fingerprint density at radius 2 is 2.12 bits per heavy atom. The van der Waals surface area contributed by atoms with Crippen LogP contribution in [0.15, 0.2) is 18.2 Å². The van der Waals surface area contributed by atoms with Crippen LogP contribution in [0, 0.1) is 0 Å². The smallest absolute Gasteiger partial charge is 0.252 e. The molecule has 0 atom stereocenters.